The van der Waals surface area contributed by atoms with E-state index in [1.807, 2.05) is 6.92 Å². The van der Waals surface area contributed by atoms with Crippen LogP contribution >= 0.6 is 0 Å². The minimum atomic E-state index is -3.81. The maximum atomic E-state index is 12.7. The maximum Gasteiger partial charge on any atom is 0.225 e. The smallest absolute Gasteiger partial charge is 0.225 e. The van der Waals surface area contributed by atoms with Crippen LogP contribution in [-0.4, -0.2) is 19.9 Å². The summed E-state index contributed by atoms with van der Waals surface area (Å²) in [5, 5.41) is 9.67. The molecule has 0 aliphatic carbocycles. The number of hydrogen-bond donors (Lipinski definition) is 0. The summed E-state index contributed by atoms with van der Waals surface area (Å²) in [7, 11) is -3.81. The third-order valence-corrected chi connectivity index (χ3v) is 5.31. The molecule has 0 fully saturated rings. The van der Waals surface area contributed by atoms with Crippen molar-refractivity contribution in [2.75, 3.05) is 6.54 Å². The van der Waals surface area contributed by atoms with Crippen LogP contribution in [0, 0.1) is 17.0 Å². The fraction of sp³-hybridized carbons (Fsp3) is 0.200. The van der Waals surface area contributed by atoms with Crippen molar-refractivity contribution in [2.45, 2.75) is 17.1 Å². The highest BCUT2D eigenvalue weighted by Crippen LogP contribution is 2.29. The van der Waals surface area contributed by atoms with E-state index in [4.69, 9.17) is 0 Å². The molecule has 0 aliphatic heterocycles. The van der Waals surface area contributed by atoms with E-state index in [1.54, 1.807) is 42.5 Å². The van der Waals surface area contributed by atoms with Gasteiger partial charge in [0, 0.05) is 4.92 Å². The fourth-order valence-electron chi connectivity index (χ4n) is 2.08. The van der Waals surface area contributed by atoms with Crippen molar-refractivity contribution in [2.24, 2.45) is 0 Å². The largest absolute Gasteiger partial charge is 0.264 e. The maximum absolute atomic E-state index is 12.7. The van der Waals surface area contributed by atoms with Crippen LogP contribution in [-0.2, 0) is 9.84 Å². The van der Waals surface area contributed by atoms with Crippen LogP contribution in [0.2, 0.25) is 0 Å². The molecule has 0 heterocycles. The van der Waals surface area contributed by atoms with Gasteiger partial charge in [0.1, 0.15) is 0 Å². The van der Waals surface area contributed by atoms with Gasteiger partial charge in [-0.1, -0.05) is 48.0 Å². The van der Waals surface area contributed by atoms with Crippen LogP contribution < -0.4 is 0 Å². The van der Waals surface area contributed by atoms with E-state index in [0.29, 0.717) is 5.56 Å². The Bertz CT molecular complexity index is 724. The molecule has 6 heteroatoms. The molecule has 0 unspecified atom stereocenters. The zero-order valence-corrected chi connectivity index (χ0v) is 12.3. The number of nitro groups is 1. The molecule has 5 nitrogen and oxygen atoms in total. The lowest BCUT2D eigenvalue weighted by atomic mass is 10.1. The van der Waals surface area contributed by atoms with Gasteiger partial charge in [-0.15, -0.1) is 0 Å². The van der Waals surface area contributed by atoms with Crippen molar-refractivity contribution in [1.29, 1.82) is 0 Å². The molecule has 110 valence electrons. The molecule has 2 rings (SSSR count). The highest BCUT2D eigenvalue weighted by Gasteiger charge is 2.33. The van der Waals surface area contributed by atoms with Crippen LogP contribution in [0.1, 0.15) is 16.4 Å². The molecule has 2 aromatic rings. The summed E-state index contributed by atoms with van der Waals surface area (Å²) in [6.07, 6.45) is 0. The summed E-state index contributed by atoms with van der Waals surface area (Å²) in [6.45, 7) is 1.20. The van der Waals surface area contributed by atoms with E-state index in [0.717, 1.165) is 5.56 Å². The number of benzene rings is 2. The average molecular weight is 305 g/mol. The van der Waals surface area contributed by atoms with Gasteiger partial charge in [0.25, 0.3) is 0 Å². The van der Waals surface area contributed by atoms with E-state index in [1.165, 1.54) is 12.1 Å². The number of aryl methyl sites for hydroxylation is 1. The first kappa shape index (κ1) is 15.2. The second-order valence-corrected chi connectivity index (χ2v) is 6.90. The molecular formula is C15H15NO4S. The van der Waals surface area contributed by atoms with Gasteiger partial charge in [0.15, 0.2) is 15.1 Å². The van der Waals surface area contributed by atoms with E-state index >= 15 is 0 Å². The van der Waals surface area contributed by atoms with E-state index < -0.39 is 26.6 Å². The topological polar surface area (TPSA) is 77.3 Å². The first-order valence-electron chi connectivity index (χ1n) is 6.38. The van der Waals surface area contributed by atoms with Crippen molar-refractivity contribution in [3.63, 3.8) is 0 Å². The molecule has 0 amide bonds. The summed E-state index contributed by atoms with van der Waals surface area (Å²) < 4.78 is 25.4. The molecule has 0 bridgehead atoms. The molecule has 2 aromatic carbocycles. The van der Waals surface area contributed by atoms with Crippen molar-refractivity contribution in [1.82, 2.24) is 0 Å². The van der Waals surface area contributed by atoms with Crippen LogP contribution in [0.3, 0.4) is 0 Å². The first-order valence-corrected chi connectivity index (χ1v) is 7.93. The molecular weight excluding hydrogens is 290 g/mol. The van der Waals surface area contributed by atoms with E-state index in [-0.39, 0.29) is 4.90 Å². The second kappa shape index (κ2) is 6.05. The molecule has 1 atom stereocenters. The monoisotopic (exact) mass is 305 g/mol. The SMILES string of the molecule is Cc1ccc(S(=O)(=O)[C@@H](C[N+](=O)[O-])c2ccccc2)cc1. The highest BCUT2D eigenvalue weighted by molar-refractivity contribution is 7.91. The normalized spacial score (nSPS) is 12.8. The summed E-state index contributed by atoms with van der Waals surface area (Å²) >= 11 is 0. The minimum absolute atomic E-state index is 0.101. The zero-order valence-electron chi connectivity index (χ0n) is 11.5. The Kier molecular flexibility index (Phi) is 4.37. The lowest BCUT2D eigenvalue weighted by molar-refractivity contribution is -0.479. The van der Waals surface area contributed by atoms with Gasteiger partial charge in [-0.3, -0.25) is 10.1 Å². The Morgan fingerprint density at radius 1 is 1.05 bits per heavy atom. The molecule has 0 saturated heterocycles. The fourth-order valence-corrected chi connectivity index (χ4v) is 3.76. The van der Waals surface area contributed by atoms with Crippen molar-refractivity contribution < 1.29 is 13.3 Å². The molecule has 0 saturated carbocycles. The zero-order chi connectivity index (χ0) is 15.5. The van der Waals surface area contributed by atoms with Crippen LogP contribution in [0.15, 0.2) is 59.5 Å². The number of nitrogens with zero attached hydrogens (tertiary/aromatic N) is 1. The van der Waals surface area contributed by atoms with Gasteiger partial charge >= 0.3 is 0 Å². The van der Waals surface area contributed by atoms with Gasteiger partial charge in [0.2, 0.25) is 6.54 Å². The van der Waals surface area contributed by atoms with Crippen LogP contribution in [0.4, 0.5) is 0 Å². The van der Waals surface area contributed by atoms with Gasteiger partial charge in [-0.05, 0) is 24.6 Å². The van der Waals surface area contributed by atoms with Crippen molar-refractivity contribution >= 4 is 9.84 Å². The lowest BCUT2D eigenvalue weighted by Crippen LogP contribution is -2.22. The van der Waals surface area contributed by atoms with Gasteiger partial charge in [0.05, 0.1) is 4.90 Å². The summed E-state index contributed by atoms with van der Waals surface area (Å²) in [6, 6.07) is 14.6. The Balaban J connectivity index is 2.49. The summed E-state index contributed by atoms with van der Waals surface area (Å²) in [4.78, 5) is 10.4. The predicted molar refractivity (Wildman–Crippen MR) is 79.4 cm³/mol. The molecule has 0 aliphatic rings. The quantitative estimate of drug-likeness (QED) is 0.628. The highest BCUT2D eigenvalue weighted by atomic mass is 32.2. The van der Waals surface area contributed by atoms with Gasteiger partial charge in [-0.25, -0.2) is 8.42 Å². The third kappa shape index (κ3) is 3.46. The molecule has 0 spiro atoms. The molecule has 0 N–H and O–H groups in total. The summed E-state index contributed by atoms with van der Waals surface area (Å²) in [5.41, 5.74) is 1.36. The van der Waals surface area contributed by atoms with Crippen molar-refractivity contribution in [3.8, 4) is 0 Å². The number of hydrogen-bond acceptors (Lipinski definition) is 4. The summed E-state index contributed by atoms with van der Waals surface area (Å²) in [5.74, 6) is 0. The molecule has 0 radical (unpaired) electrons. The first-order chi connectivity index (χ1) is 9.91. The Hall–Kier alpha value is -2.21. The lowest BCUT2D eigenvalue weighted by Gasteiger charge is -2.14. The van der Waals surface area contributed by atoms with Gasteiger partial charge in [-0.2, -0.15) is 0 Å². The second-order valence-electron chi connectivity index (χ2n) is 4.77. The third-order valence-electron chi connectivity index (χ3n) is 3.21. The predicted octanol–water partition coefficient (Wildman–Crippen LogP) is 2.79. The Morgan fingerprint density at radius 2 is 1.62 bits per heavy atom. The van der Waals surface area contributed by atoms with E-state index in [9.17, 15) is 18.5 Å². The van der Waals surface area contributed by atoms with E-state index in [2.05, 4.69) is 0 Å². The minimum Gasteiger partial charge on any atom is -0.264 e. The van der Waals surface area contributed by atoms with Crippen molar-refractivity contribution in [3.05, 3.63) is 75.8 Å². The Morgan fingerprint density at radius 3 is 2.14 bits per heavy atom. The Labute approximate surface area is 123 Å². The molecule has 0 aromatic heterocycles. The standard InChI is InChI=1S/C15H15NO4S/c1-12-7-9-14(10-8-12)21(19,20)15(11-16(17)18)13-5-3-2-4-6-13/h2-10,15H,11H2,1H3/t15-/m0/s1. The number of rotatable bonds is 5. The van der Waals surface area contributed by atoms with Crippen LogP contribution in [0.5, 0.6) is 0 Å². The molecule has 21 heavy (non-hydrogen) atoms. The van der Waals surface area contributed by atoms with Crippen LogP contribution in [0.25, 0.3) is 0 Å². The van der Waals surface area contributed by atoms with Gasteiger partial charge < -0.3 is 0 Å². The average Bonchev–Trinajstić information content (AvgIpc) is 2.46. The number of sulfone groups is 1.